The van der Waals surface area contributed by atoms with Gasteiger partial charge in [0.1, 0.15) is 0 Å². The van der Waals surface area contributed by atoms with Gasteiger partial charge in [-0.1, -0.05) is 6.92 Å². The second-order valence-corrected chi connectivity index (χ2v) is 6.05. The summed E-state index contributed by atoms with van der Waals surface area (Å²) in [7, 11) is 3.65. The van der Waals surface area contributed by atoms with Crippen LogP contribution >= 0.6 is 11.3 Å². The van der Waals surface area contributed by atoms with Crippen LogP contribution in [0.1, 0.15) is 36.2 Å². The molecule has 1 aromatic heterocycles. The summed E-state index contributed by atoms with van der Waals surface area (Å²) in [6.07, 6.45) is 2.89. The third-order valence-corrected chi connectivity index (χ3v) is 4.70. The van der Waals surface area contributed by atoms with Crippen LogP contribution < -0.4 is 0 Å². The van der Waals surface area contributed by atoms with Crippen molar-refractivity contribution in [2.45, 2.75) is 32.2 Å². The van der Waals surface area contributed by atoms with Gasteiger partial charge in [-0.2, -0.15) is 0 Å². The molecule has 0 radical (unpaired) electrons. The Morgan fingerprint density at radius 1 is 1.56 bits per heavy atom. The van der Waals surface area contributed by atoms with Gasteiger partial charge in [0.25, 0.3) is 0 Å². The zero-order valence-corrected chi connectivity index (χ0v) is 12.3. The Morgan fingerprint density at radius 3 is 3.00 bits per heavy atom. The summed E-state index contributed by atoms with van der Waals surface area (Å²) in [4.78, 5) is 17.4. The van der Waals surface area contributed by atoms with E-state index in [1.54, 1.807) is 4.90 Å². The molecule has 1 amide bonds. The minimum Gasteiger partial charge on any atom is -0.349 e. The Kier molecular flexibility index (Phi) is 4.40. The van der Waals surface area contributed by atoms with Crippen molar-refractivity contribution in [3.8, 4) is 0 Å². The SMILES string of the molecule is CC[C@H]1c2ccsc2CCN1CCC(=O)N(C)C. The molecule has 18 heavy (non-hydrogen) atoms. The van der Waals surface area contributed by atoms with E-state index in [1.807, 2.05) is 25.4 Å². The van der Waals surface area contributed by atoms with Crippen molar-refractivity contribution >= 4 is 17.2 Å². The first-order valence-electron chi connectivity index (χ1n) is 6.64. The second kappa shape index (κ2) is 5.85. The number of nitrogens with zero attached hydrogens (tertiary/aromatic N) is 2. The van der Waals surface area contributed by atoms with E-state index in [-0.39, 0.29) is 5.91 Å². The maximum absolute atomic E-state index is 11.7. The molecule has 0 aliphatic carbocycles. The summed E-state index contributed by atoms with van der Waals surface area (Å²) < 4.78 is 0. The molecule has 0 saturated carbocycles. The quantitative estimate of drug-likeness (QED) is 0.836. The van der Waals surface area contributed by atoms with Crippen LogP contribution in [0.25, 0.3) is 0 Å². The maximum Gasteiger partial charge on any atom is 0.223 e. The van der Waals surface area contributed by atoms with Gasteiger partial charge in [0.05, 0.1) is 0 Å². The van der Waals surface area contributed by atoms with Gasteiger partial charge < -0.3 is 4.90 Å². The van der Waals surface area contributed by atoms with Gasteiger partial charge in [-0.15, -0.1) is 11.3 Å². The van der Waals surface area contributed by atoms with Gasteiger partial charge in [-0.05, 0) is 29.9 Å². The average molecular weight is 266 g/mol. The molecule has 100 valence electrons. The summed E-state index contributed by atoms with van der Waals surface area (Å²) in [5.74, 6) is 0.223. The molecule has 0 N–H and O–H groups in total. The van der Waals surface area contributed by atoms with E-state index in [0.29, 0.717) is 12.5 Å². The zero-order chi connectivity index (χ0) is 13.1. The molecule has 1 aliphatic heterocycles. The number of carbonyl (C=O) groups is 1. The van der Waals surface area contributed by atoms with Crippen LogP contribution in [0.2, 0.25) is 0 Å². The van der Waals surface area contributed by atoms with Crippen LogP contribution in [0, 0.1) is 0 Å². The molecule has 2 rings (SSSR count). The number of thiophene rings is 1. The highest BCUT2D eigenvalue weighted by atomic mass is 32.1. The molecule has 1 atom stereocenters. The van der Waals surface area contributed by atoms with Crippen molar-refractivity contribution in [3.05, 3.63) is 21.9 Å². The predicted octanol–water partition coefficient (Wildman–Crippen LogP) is 2.54. The Morgan fingerprint density at radius 2 is 2.33 bits per heavy atom. The highest BCUT2D eigenvalue weighted by Gasteiger charge is 2.26. The normalized spacial score (nSPS) is 19.6. The largest absolute Gasteiger partial charge is 0.349 e. The first-order chi connectivity index (χ1) is 8.63. The molecule has 0 unspecified atom stereocenters. The van der Waals surface area contributed by atoms with Crippen LogP contribution in [-0.2, 0) is 11.2 Å². The molecule has 0 aromatic carbocycles. The number of amides is 1. The lowest BCUT2D eigenvalue weighted by molar-refractivity contribution is -0.129. The van der Waals surface area contributed by atoms with Crippen molar-refractivity contribution in [1.29, 1.82) is 0 Å². The molecule has 4 heteroatoms. The molecular weight excluding hydrogens is 244 g/mol. The third kappa shape index (κ3) is 2.75. The summed E-state index contributed by atoms with van der Waals surface area (Å²) in [5, 5.41) is 2.20. The lowest BCUT2D eigenvalue weighted by Crippen LogP contribution is -2.37. The van der Waals surface area contributed by atoms with E-state index < -0.39 is 0 Å². The Hall–Kier alpha value is -0.870. The van der Waals surface area contributed by atoms with Crippen molar-refractivity contribution < 1.29 is 4.79 Å². The number of fused-ring (bicyclic) bond motifs is 1. The molecule has 0 spiro atoms. The van der Waals surface area contributed by atoms with E-state index >= 15 is 0 Å². The lowest BCUT2D eigenvalue weighted by atomic mass is 9.97. The fourth-order valence-electron chi connectivity index (χ4n) is 2.66. The standard InChI is InChI=1S/C14H22N2OS/c1-4-12-11-7-10-18-13(11)5-8-16(12)9-6-14(17)15(2)3/h7,10,12H,4-6,8-9H2,1-3H3/t12-/m0/s1. The minimum absolute atomic E-state index is 0.223. The highest BCUT2D eigenvalue weighted by molar-refractivity contribution is 7.10. The maximum atomic E-state index is 11.7. The summed E-state index contributed by atoms with van der Waals surface area (Å²) in [5.41, 5.74) is 1.49. The fourth-order valence-corrected chi connectivity index (χ4v) is 3.59. The molecule has 0 saturated heterocycles. The first kappa shape index (κ1) is 13.6. The fraction of sp³-hybridized carbons (Fsp3) is 0.643. The third-order valence-electron chi connectivity index (χ3n) is 3.70. The van der Waals surface area contributed by atoms with E-state index in [0.717, 1.165) is 25.9 Å². The molecular formula is C14H22N2OS. The molecule has 1 aliphatic rings. The number of hydrogen-bond acceptors (Lipinski definition) is 3. The van der Waals surface area contributed by atoms with Crippen molar-refractivity contribution in [2.75, 3.05) is 27.2 Å². The Bertz CT molecular complexity index is 414. The Labute approximate surface area is 113 Å². The van der Waals surface area contributed by atoms with E-state index in [2.05, 4.69) is 23.3 Å². The molecule has 3 nitrogen and oxygen atoms in total. The Balaban J connectivity index is 2.00. The summed E-state index contributed by atoms with van der Waals surface area (Å²) in [6.45, 7) is 4.20. The number of carbonyl (C=O) groups excluding carboxylic acids is 1. The first-order valence-corrected chi connectivity index (χ1v) is 7.52. The zero-order valence-electron chi connectivity index (χ0n) is 11.5. The molecule has 2 heterocycles. The highest BCUT2D eigenvalue weighted by Crippen LogP contribution is 2.35. The molecule has 1 aromatic rings. The van der Waals surface area contributed by atoms with Crippen LogP contribution in [0.4, 0.5) is 0 Å². The van der Waals surface area contributed by atoms with Crippen LogP contribution in [0.15, 0.2) is 11.4 Å². The van der Waals surface area contributed by atoms with Gasteiger partial charge in [-0.3, -0.25) is 9.69 Å². The van der Waals surface area contributed by atoms with Gasteiger partial charge in [-0.25, -0.2) is 0 Å². The topological polar surface area (TPSA) is 23.6 Å². The van der Waals surface area contributed by atoms with Crippen LogP contribution in [0.5, 0.6) is 0 Å². The van der Waals surface area contributed by atoms with E-state index in [9.17, 15) is 4.79 Å². The van der Waals surface area contributed by atoms with Gasteiger partial charge in [0, 0.05) is 44.5 Å². The van der Waals surface area contributed by atoms with Crippen molar-refractivity contribution in [3.63, 3.8) is 0 Å². The number of hydrogen-bond donors (Lipinski definition) is 0. The van der Waals surface area contributed by atoms with Gasteiger partial charge in [0.15, 0.2) is 0 Å². The monoisotopic (exact) mass is 266 g/mol. The smallest absolute Gasteiger partial charge is 0.223 e. The average Bonchev–Trinajstić information content (AvgIpc) is 2.83. The van der Waals surface area contributed by atoms with Gasteiger partial charge in [0.2, 0.25) is 5.91 Å². The summed E-state index contributed by atoms with van der Waals surface area (Å²) >= 11 is 1.87. The predicted molar refractivity (Wildman–Crippen MR) is 75.9 cm³/mol. The summed E-state index contributed by atoms with van der Waals surface area (Å²) in [6, 6.07) is 2.77. The van der Waals surface area contributed by atoms with E-state index in [1.165, 1.54) is 10.4 Å². The van der Waals surface area contributed by atoms with Gasteiger partial charge >= 0.3 is 0 Å². The number of rotatable bonds is 4. The van der Waals surface area contributed by atoms with Crippen molar-refractivity contribution in [2.24, 2.45) is 0 Å². The van der Waals surface area contributed by atoms with E-state index in [4.69, 9.17) is 0 Å². The molecule has 0 fully saturated rings. The van der Waals surface area contributed by atoms with Crippen LogP contribution in [0.3, 0.4) is 0 Å². The molecule has 0 bridgehead atoms. The lowest BCUT2D eigenvalue weighted by Gasteiger charge is -2.35. The second-order valence-electron chi connectivity index (χ2n) is 5.05. The van der Waals surface area contributed by atoms with Crippen molar-refractivity contribution in [1.82, 2.24) is 9.80 Å². The van der Waals surface area contributed by atoms with Crippen LogP contribution in [-0.4, -0.2) is 42.9 Å². The minimum atomic E-state index is 0.223.